The summed E-state index contributed by atoms with van der Waals surface area (Å²) in [5, 5.41) is 8.94. The van der Waals surface area contributed by atoms with Gasteiger partial charge in [-0.15, -0.1) is 0 Å². The lowest BCUT2D eigenvalue weighted by Crippen LogP contribution is -2.25. The molecule has 0 aliphatic carbocycles. The number of aliphatic hydroxyl groups is 1. The van der Waals surface area contributed by atoms with Crippen molar-refractivity contribution < 1.29 is 5.11 Å². The quantitative estimate of drug-likeness (QED) is 0.700. The second-order valence-corrected chi connectivity index (χ2v) is 5.91. The van der Waals surface area contributed by atoms with Gasteiger partial charge in [-0.3, -0.25) is 0 Å². The van der Waals surface area contributed by atoms with Crippen LogP contribution in [0.15, 0.2) is 18.2 Å². The van der Waals surface area contributed by atoms with E-state index in [4.69, 9.17) is 5.11 Å². The zero-order valence-electron chi connectivity index (χ0n) is 13.9. The molecule has 1 heterocycles. The predicted molar refractivity (Wildman–Crippen MR) is 93.5 cm³/mol. The fourth-order valence-corrected chi connectivity index (χ4v) is 2.68. The van der Waals surface area contributed by atoms with E-state index in [9.17, 15) is 0 Å². The first-order chi connectivity index (χ1) is 10.8. The molecule has 0 aliphatic rings. The number of aromatic nitrogens is 2. The van der Waals surface area contributed by atoms with Crippen molar-refractivity contribution in [1.82, 2.24) is 9.97 Å². The third-order valence-corrected chi connectivity index (χ3v) is 4.01. The first-order valence-electron chi connectivity index (χ1n) is 8.63. The van der Waals surface area contributed by atoms with Crippen LogP contribution in [0.25, 0.3) is 11.0 Å². The number of aliphatic hydroxyl groups excluding tert-OH is 1. The molecule has 0 saturated carbocycles. The maximum absolute atomic E-state index is 8.94. The third-order valence-electron chi connectivity index (χ3n) is 4.01. The van der Waals surface area contributed by atoms with Crippen LogP contribution < -0.4 is 4.90 Å². The van der Waals surface area contributed by atoms with Gasteiger partial charge in [-0.2, -0.15) is 0 Å². The summed E-state index contributed by atoms with van der Waals surface area (Å²) in [6, 6.07) is 6.51. The number of nitrogens with one attached hydrogen (secondary N) is 1. The number of anilines is 1. The number of benzene rings is 1. The van der Waals surface area contributed by atoms with Crippen LogP contribution in [0, 0.1) is 0 Å². The van der Waals surface area contributed by atoms with Gasteiger partial charge in [0.1, 0.15) is 5.82 Å². The van der Waals surface area contributed by atoms with Crippen molar-refractivity contribution in [3.05, 3.63) is 24.0 Å². The van der Waals surface area contributed by atoms with Gasteiger partial charge in [0.25, 0.3) is 0 Å². The van der Waals surface area contributed by atoms with Gasteiger partial charge >= 0.3 is 0 Å². The van der Waals surface area contributed by atoms with E-state index in [-0.39, 0.29) is 6.61 Å². The fraction of sp³-hybridized carbons (Fsp3) is 0.611. The summed E-state index contributed by atoms with van der Waals surface area (Å²) < 4.78 is 0. The van der Waals surface area contributed by atoms with E-state index in [1.54, 1.807) is 0 Å². The van der Waals surface area contributed by atoms with Gasteiger partial charge in [-0.05, 0) is 37.5 Å². The Morgan fingerprint density at radius 3 is 2.45 bits per heavy atom. The number of aryl methyl sites for hydroxylation is 1. The maximum atomic E-state index is 8.94. The van der Waals surface area contributed by atoms with Crippen LogP contribution >= 0.6 is 0 Å². The molecule has 0 saturated heterocycles. The molecule has 0 spiro atoms. The number of imidazole rings is 1. The molecule has 0 atom stereocenters. The maximum Gasteiger partial charge on any atom is 0.107 e. The highest BCUT2D eigenvalue weighted by atomic mass is 16.2. The normalized spacial score (nSPS) is 11.2. The summed E-state index contributed by atoms with van der Waals surface area (Å²) in [5.41, 5.74) is 3.40. The van der Waals surface area contributed by atoms with Crippen LogP contribution in [0.4, 0.5) is 5.69 Å². The molecule has 0 fully saturated rings. The fourth-order valence-electron chi connectivity index (χ4n) is 2.68. The molecule has 0 radical (unpaired) electrons. The molecule has 1 aromatic carbocycles. The monoisotopic (exact) mass is 303 g/mol. The van der Waals surface area contributed by atoms with E-state index < -0.39 is 0 Å². The van der Waals surface area contributed by atoms with Gasteiger partial charge in [-0.25, -0.2) is 4.98 Å². The van der Waals surface area contributed by atoms with Gasteiger partial charge in [-0.1, -0.05) is 26.7 Å². The highest BCUT2D eigenvalue weighted by Gasteiger charge is 2.09. The molecular weight excluding hydrogens is 274 g/mol. The third kappa shape index (κ3) is 4.47. The number of aromatic amines is 1. The van der Waals surface area contributed by atoms with E-state index in [1.807, 2.05) is 0 Å². The van der Waals surface area contributed by atoms with E-state index >= 15 is 0 Å². The second-order valence-electron chi connectivity index (χ2n) is 5.91. The Morgan fingerprint density at radius 2 is 1.82 bits per heavy atom. The van der Waals surface area contributed by atoms with Crippen LogP contribution in [0.2, 0.25) is 0 Å². The van der Waals surface area contributed by atoms with Crippen LogP contribution in [-0.2, 0) is 6.42 Å². The molecule has 0 bridgehead atoms. The molecule has 0 unspecified atom stereocenters. The summed E-state index contributed by atoms with van der Waals surface area (Å²) in [5.74, 6) is 0.967. The number of hydrogen-bond donors (Lipinski definition) is 2. The zero-order chi connectivity index (χ0) is 15.8. The van der Waals surface area contributed by atoms with Gasteiger partial charge in [0.2, 0.25) is 0 Å². The van der Waals surface area contributed by atoms with Crippen molar-refractivity contribution in [1.29, 1.82) is 0 Å². The molecular formula is C18H29N3O. The van der Waals surface area contributed by atoms with Crippen LogP contribution in [0.3, 0.4) is 0 Å². The molecule has 122 valence electrons. The smallest absolute Gasteiger partial charge is 0.107 e. The Kier molecular flexibility index (Phi) is 6.72. The Balaban J connectivity index is 2.16. The SMILES string of the molecule is CCCCN(CCCC)c1ccc2nc(CCCO)[nH]c2c1. The molecule has 22 heavy (non-hydrogen) atoms. The highest BCUT2D eigenvalue weighted by molar-refractivity contribution is 5.79. The lowest BCUT2D eigenvalue weighted by molar-refractivity contribution is 0.287. The first-order valence-corrected chi connectivity index (χ1v) is 8.63. The average Bonchev–Trinajstić information content (AvgIpc) is 2.95. The van der Waals surface area contributed by atoms with Crippen molar-refractivity contribution in [2.75, 3.05) is 24.6 Å². The molecule has 2 aromatic rings. The van der Waals surface area contributed by atoms with Crippen molar-refractivity contribution in [2.45, 2.75) is 52.4 Å². The molecule has 4 heteroatoms. The second kappa shape index (κ2) is 8.79. The molecule has 2 rings (SSSR count). The van der Waals surface area contributed by atoms with E-state index in [1.165, 1.54) is 31.4 Å². The summed E-state index contributed by atoms with van der Waals surface area (Å²) in [7, 11) is 0. The minimum Gasteiger partial charge on any atom is -0.396 e. The topological polar surface area (TPSA) is 52.1 Å². The summed E-state index contributed by atoms with van der Waals surface area (Å²) in [4.78, 5) is 10.5. The van der Waals surface area contributed by atoms with Crippen LogP contribution in [0.1, 0.15) is 51.8 Å². The number of H-pyrrole nitrogens is 1. The number of nitrogens with zero attached hydrogens (tertiary/aromatic N) is 2. The Hall–Kier alpha value is -1.55. The number of rotatable bonds is 10. The molecule has 4 nitrogen and oxygen atoms in total. The van der Waals surface area contributed by atoms with Gasteiger partial charge in [0, 0.05) is 31.8 Å². The van der Waals surface area contributed by atoms with Crippen molar-refractivity contribution in [3.8, 4) is 0 Å². The lowest BCUT2D eigenvalue weighted by atomic mass is 10.2. The average molecular weight is 303 g/mol. The summed E-state index contributed by atoms with van der Waals surface area (Å²) >= 11 is 0. The molecule has 2 N–H and O–H groups in total. The van der Waals surface area contributed by atoms with E-state index in [0.717, 1.165) is 42.8 Å². The standard InChI is InChI=1S/C18H29N3O/c1-3-5-11-21(12-6-4-2)15-9-10-16-17(14-15)20-18(19-16)8-7-13-22/h9-10,14,22H,3-8,11-13H2,1-2H3,(H,19,20). The van der Waals surface area contributed by atoms with Crippen LogP contribution in [-0.4, -0.2) is 34.8 Å². The zero-order valence-corrected chi connectivity index (χ0v) is 13.9. The summed E-state index contributed by atoms with van der Waals surface area (Å²) in [6.45, 7) is 6.93. The number of hydrogen-bond acceptors (Lipinski definition) is 3. The van der Waals surface area contributed by atoms with Crippen molar-refractivity contribution >= 4 is 16.7 Å². The summed E-state index contributed by atoms with van der Waals surface area (Å²) in [6.07, 6.45) is 6.46. The predicted octanol–water partition coefficient (Wildman–Crippen LogP) is 3.89. The lowest BCUT2D eigenvalue weighted by Gasteiger charge is -2.24. The van der Waals surface area contributed by atoms with Crippen molar-refractivity contribution in [3.63, 3.8) is 0 Å². The molecule has 0 amide bonds. The van der Waals surface area contributed by atoms with E-state index in [2.05, 4.69) is 46.9 Å². The van der Waals surface area contributed by atoms with Gasteiger partial charge < -0.3 is 15.0 Å². The Morgan fingerprint density at radius 1 is 1.09 bits per heavy atom. The largest absolute Gasteiger partial charge is 0.396 e. The van der Waals surface area contributed by atoms with Gasteiger partial charge in [0.05, 0.1) is 11.0 Å². The Bertz CT molecular complexity index is 556. The Labute approximate surface area is 133 Å². The number of unbranched alkanes of at least 4 members (excludes halogenated alkanes) is 2. The highest BCUT2D eigenvalue weighted by Crippen LogP contribution is 2.22. The van der Waals surface area contributed by atoms with E-state index in [0.29, 0.717) is 0 Å². The van der Waals surface area contributed by atoms with Crippen molar-refractivity contribution in [2.24, 2.45) is 0 Å². The van der Waals surface area contributed by atoms with Crippen LogP contribution in [0.5, 0.6) is 0 Å². The number of fused-ring (bicyclic) bond motifs is 1. The molecule has 0 aliphatic heterocycles. The first kappa shape index (κ1) is 16.8. The van der Waals surface area contributed by atoms with Gasteiger partial charge in [0.15, 0.2) is 0 Å². The molecule has 1 aromatic heterocycles. The minimum absolute atomic E-state index is 0.212. The minimum atomic E-state index is 0.212.